The van der Waals surface area contributed by atoms with Crippen molar-refractivity contribution in [3.8, 4) is 5.75 Å². The second kappa shape index (κ2) is 5.54. The van der Waals surface area contributed by atoms with Gasteiger partial charge in [-0.05, 0) is 38.8 Å². The topological polar surface area (TPSA) is 21.3 Å². The molecule has 0 aromatic heterocycles. The first-order chi connectivity index (χ1) is 8.26. The molecule has 0 aliphatic heterocycles. The standard InChI is InChI=1S/C15H23NO/c1-11-8-9-14(17-3)13(10-11)15(16-2)12-6-4-5-7-12/h8-10,12,15-16H,4-7H2,1-3H3. The van der Waals surface area contributed by atoms with E-state index in [-0.39, 0.29) is 0 Å². The molecule has 94 valence electrons. The molecule has 1 aliphatic rings. The summed E-state index contributed by atoms with van der Waals surface area (Å²) < 4.78 is 5.50. The van der Waals surface area contributed by atoms with Gasteiger partial charge in [-0.3, -0.25) is 0 Å². The van der Waals surface area contributed by atoms with E-state index in [1.165, 1.54) is 36.8 Å². The lowest BCUT2D eigenvalue weighted by Gasteiger charge is -2.25. The molecule has 1 aliphatic carbocycles. The Labute approximate surface area is 104 Å². The van der Waals surface area contributed by atoms with Crippen molar-refractivity contribution in [2.45, 2.75) is 38.6 Å². The predicted octanol–water partition coefficient (Wildman–Crippen LogP) is 3.45. The molecule has 0 spiro atoms. The zero-order chi connectivity index (χ0) is 12.3. The van der Waals surface area contributed by atoms with Crippen LogP contribution in [0.2, 0.25) is 0 Å². The first-order valence-electron chi connectivity index (χ1n) is 6.58. The van der Waals surface area contributed by atoms with Gasteiger partial charge in [0.2, 0.25) is 0 Å². The van der Waals surface area contributed by atoms with Crippen LogP contribution in [0.3, 0.4) is 0 Å². The molecule has 1 aromatic rings. The molecular weight excluding hydrogens is 210 g/mol. The fourth-order valence-electron chi connectivity index (χ4n) is 3.03. The highest BCUT2D eigenvalue weighted by atomic mass is 16.5. The second-order valence-electron chi connectivity index (χ2n) is 5.06. The molecule has 0 heterocycles. The fraction of sp³-hybridized carbons (Fsp3) is 0.600. The van der Waals surface area contributed by atoms with Gasteiger partial charge in [-0.2, -0.15) is 0 Å². The highest BCUT2D eigenvalue weighted by Gasteiger charge is 2.27. The summed E-state index contributed by atoms with van der Waals surface area (Å²) in [5, 5.41) is 3.48. The van der Waals surface area contributed by atoms with E-state index in [4.69, 9.17) is 4.74 Å². The third kappa shape index (κ3) is 2.63. The molecule has 2 nitrogen and oxygen atoms in total. The maximum absolute atomic E-state index is 5.50. The lowest BCUT2D eigenvalue weighted by atomic mass is 9.90. The summed E-state index contributed by atoms with van der Waals surface area (Å²) in [6.45, 7) is 2.14. The molecule has 0 radical (unpaired) electrons. The molecule has 0 bridgehead atoms. The molecule has 1 aromatic carbocycles. The molecule has 1 fully saturated rings. The minimum Gasteiger partial charge on any atom is -0.496 e. The number of benzene rings is 1. The lowest BCUT2D eigenvalue weighted by molar-refractivity contribution is 0.359. The largest absolute Gasteiger partial charge is 0.496 e. The average molecular weight is 233 g/mol. The Morgan fingerprint density at radius 2 is 2.00 bits per heavy atom. The number of ether oxygens (including phenoxy) is 1. The Bertz CT molecular complexity index is 369. The number of aryl methyl sites for hydroxylation is 1. The van der Waals surface area contributed by atoms with Gasteiger partial charge in [-0.25, -0.2) is 0 Å². The van der Waals surface area contributed by atoms with Crippen LogP contribution in [0.1, 0.15) is 42.9 Å². The second-order valence-corrected chi connectivity index (χ2v) is 5.06. The monoisotopic (exact) mass is 233 g/mol. The Balaban J connectivity index is 2.31. The van der Waals surface area contributed by atoms with Crippen molar-refractivity contribution in [3.05, 3.63) is 29.3 Å². The molecular formula is C15H23NO. The van der Waals surface area contributed by atoms with Gasteiger partial charge in [-0.15, -0.1) is 0 Å². The Hall–Kier alpha value is -1.02. The lowest BCUT2D eigenvalue weighted by Crippen LogP contribution is -2.24. The average Bonchev–Trinajstić information content (AvgIpc) is 2.84. The zero-order valence-corrected chi connectivity index (χ0v) is 11.1. The van der Waals surface area contributed by atoms with E-state index in [0.717, 1.165) is 11.7 Å². The first-order valence-corrected chi connectivity index (χ1v) is 6.58. The van der Waals surface area contributed by atoms with Crippen LogP contribution in [-0.4, -0.2) is 14.2 Å². The van der Waals surface area contributed by atoms with Gasteiger partial charge in [0.15, 0.2) is 0 Å². The molecule has 2 heteroatoms. The van der Waals surface area contributed by atoms with Crippen molar-refractivity contribution in [3.63, 3.8) is 0 Å². The summed E-state index contributed by atoms with van der Waals surface area (Å²) in [4.78, 5) is 0. The van der Waals surface area contributed by atoms with Gasteiger partial charge in [-0.1, -0.05) is 30.5 Å². The zero-order valence-electron chi connectivity index (χ0n) is 11.1. The van der Waals surface area contributed by atoms with Crippen molar-refractivity contribution in [2.75, 3.05) is 14.2 Å². The van der Waals surface area contributed by atoms with Crippen LogP contribution in [0.5, 0.6) is 5.75 Å². The van der Waals surface area contributed by atoms with E-state index in [9.17, 15) is 0 Å². The fourth-order valence-corrected chi connectivity index (χ4v) is 3.03. The van der Waals surface area contributed by atoms with Gasteiger partial charge < -0.3 is 10.1 Å². The van der Waals surface area contributed by atoms with Crippen LogP contribution >= 0.6 is 0 Å². The molecule has 1 N–H and O–H groups in total. The van der Waals surface area contributed by atoms with E-state index in [0.29, 0.717) is 6.04 Å². The summed E-state index contributed by atoms with van der Waals surface area (Å²) in [5.41, 5.74) is 2.63. The van der Waals surface area contributed by atoms with Crippen LogP contribution < -0.4 is 10.1 Å². The van der Waals surface area contributed by atoms with E-state index in [1.807, 2.05) is 0 Å². The molecule has 17 heavy (non-hydrogen) atoms. The van der Waals surface area contributed by atoms with Crippen molar-refractivity contribution in [2.24, 2.45) is 5.92 Å². The first kappa shape index (κ1) is 12.4. The summed E-state index contributed by atoms with van der Waals surface area (Å²) in [5.74, 6) is 1.78. The summed E-state index contributed by atoms with van der Waals surface area (Å²) in [7, 11) is 3.82. The quantitative estimate of drug-likeness (QED) is 0.860. The third-order valence-electron chi connectivity index (χ3n) is 3.90. The molecule has 2 rings (SSSR count). The Kier molecular flexibility index (Phi) is 4.06. The van der Waals surface area contributed by atoms with E-state index >= 15 is 0 Å². The summed E-state index contributed by atoms with van der Waals surface area (Å²) in [6.07, 6.45) is 5.42. The Morgan fingerprint density at radius 3 is 2.59 bits per heavy atom. The number of hydrogen-bond donors (Lipinski definition) is 1. The highest BCUT2D eigenvalue weighted by molar-refractivity contribution is 5.39. The summed E-state index contributed by atoms with van der Waals surface area (Å²) in [6, 6.07) is 6.90. The molecule has 1 atom stereocenters. The van der Waals surface area contributed by atoms with Gasteiger partial charge in [0, 0.05) is 11.6 Å². The molecule has 0 amide bonds. The van der Waals surface area contributed by atoms with Gasteiger partial charge in [0.1, 0.15) is 5.75 Å². The van der Waals surface area contributed by atoms with Gasteiger partial charge in [0.05, 0.1) is 7.11 Å². The van der Waals surface area contributed by atoms with Crippen molar-refractivity contribution in [1.29, 1.82) is 0 Å². The predicted molar refractivity (Wildman–Crippen MR) is 71.5 cm³/mol. The van der Waals surface area contributed by atoms with Crippen LogP contribution in [0.25, 0.3) is 0 Å². The molecule has 1 unspecified atom stereocenters. The maximum atomic E-state index is 5.50. The molecule has 0 saturated heterocycles. The van der Waals surface area contributed by atoms with E-state index in [2.05, 4.69) is 37.5 Å². The molecule has 1 saturated carbocycles. The minimum atomic E-state index is 0.437. The van der Waals surface area contributed by atoms with Crippen molar-refractivity contribution >= 4 is 0 Å². The van der Waals surface area contributed by atoms with Gasteiger partial charge >= 0.3 is 0 Å². The van der Waals surface area contributed by atoms with Gasteiger partial charge in [0.25, 0.3) is 0 Å². The van der Waals surface area contributed by atoms with Crippen LogP contribution in [0.4, 0.5) is 0 Å². The van der Waals surface area contributed by atoms with Crippen molar-refractivity contribution in [1.82, 2.24) is 5.32 Å². The van der Waals surface area contributed by atoms with Crippen LogP contribution in [0.15, 0.2) is 18.2 Å². The number of methoxy groups -OCH3 is 1. The SMILES string of the molecule is CNC(c1cc(C)ccc1OC)C1CCCC1. The van der Waals surface area contributed by atoms with Crippen molar-refractivity contribution < 1.29 is 4.74 Å². The smallest absolute Gasteiger partial charge is 0.123 e. The minimum absolute atomic E-state index is 0.437. The summed E-state index contributed by atoms with van der Waals surface area (Å²) >= 11 is 0. The van der Waals surface area contributed by atoms with Crippen LogP contribution in [0, 0.1) is 12.8 Å². The normalized spacial score (nSPS) is 18.3. The third-order valence-corrected chi connectivity index (χ3v) is 3.90. The number of hydrogen-bond acceptors (Lipinski definition) is 2. The van der Waals surface area contributed by atoms with E-state index < -0.39 is 0 Å². The maximum Gasteiger partial charge on any atom is 0.123 e. The van der Waals surface area contributed by atoms with E-state index in [1.54, 1.807) is 7.11 Å². The number of nitrogens with one attached hydrogen (secondary N) is 1. The number of rotatable bonds is 4. The van der Waals surface area contributed by atoms with Crippen LogP contribution in [-0.2, 0) is 0 Å². The highest BCUT2D eigenvalue weighted by Crippen LogP contribution is 2.38. The Morgan fingerprint density at radius 1 is 1.29 bits per heavy atom.